The molecule has 1 heterocycles. The van der Waals surface area contributed by atoms with Gasteiger partial charge in [-0.2, -0.15) is 10.2 Å². The van der Waals surface area contributed by atoms with E-state index in [-0.39, 0.29) is 0 Å². The van der Waals surface area contributed by atoms with Crippen molar-refractivity contribution < 1.29 is 0 Å². The Hall–Kier alpha value is -1.44. The summed E-state index contributed by atoms with van der Waals surface area (Å²) in [6.07, 6.45) is 1.81. The van der Waals surface area contributed by atoms with Gasteiger partial charge in [0.1, 0.15) is 0 Å². The van der Waals surface area contributed by atoms with Gasteiger partial charge in [-0.05, 0) is 5.92 Å². The van der Waals surface area contributed by atoms with Crippen molar-refractivity contribution in [3.05, 3.63) is 36.2 Å². The van der Waals surface area contributed by atoms with Gasteiger partial charge in [0.05, 0.1) is 11.9 Å². The Morgan fingerprint density at radius 1 is 1.07 bits per heavy atom. The van der Waals surface area contributed by atoms with Crippen LogP contribution in [0.1, 0.15) is 39.3 Å². The van der Waals surface area contributed by atoms with Crippen molar-refractivity contribution in [2.24, 2.45) is 0 Å². The Morgan fingerprint density at radius 3 is 2.40 bits per heavy atom. The first-order valence-electron chi connectivity index (χ1n) is 5.49. The van der Waals surface area contributed by atoms with Crippen LogP contribution in [-0.4, -0.2) is 10.2 Å². The van der Waals surface area contributed by atoms with Crippen molar-refractivity contribution in [3.63, 3.8) is 0 Å². The van der Waals surface area contributed by atoms with Crippen molar-refractivity contribution in [2.45, 2.75) is 33.6 Å². The van der Waals surface area contributed by atoms with E-state index < -0.39 is 0 Å². The van der Waals surface area contributed by atoms with Gasteiger partial charge in [-0.15, -0.1) is 0 Å². The number of aromatic nitrogens is 2. The first kappa shape index (κ1) is 11.6. The van der Waals surface area contributed by atoms with Gasteiger partial charge in [-0.25, -0.2) is 0 Å². The average molecular weight is 202 g/mol. The fraction of sp³-hybridized carbons (Fsp3) is 0.385. The lowest BCUT2D eigenvalue weighted by molar-refractivity contribution is 0.799. The highest BCUT2D eigenvalue weighted by atomic mass is 15.1. The molecule has 2 nitrogen and oxygen atoms in total. The number of hydrogen-bond donors (Lipinski definition) is 0. The smallest absolute Gasteiger partial charge is 0.0734 e. The zero-order chi connectivity index (χ0) is 11.3. The second-order valence-electron chi connectivity index (χ2n) is 3.47. The molecule has 2 aromatic rings. The molecule has 0 spiro atoms. The largest absolute Gasteiger partial charge is 0.158 e. The SMILES string of the molecule is CC.CC(C)c1nncc2ccccc12. The van der Waals surface area contributed by atoms with E-state index in [9.17, 15) is 0 Å². The Morgan fingerprint density at radius 2 is 1.73 bits per heavy atom. The maximum atomic E-state index is 4.16. The summed E-state index contributed by atoms with van der Waals surface area (Å²) in [5, 5.41) is 10.5. The Bertz CT molecular complexity index is 416. The number of benzene rings is 1. The van der Waals surface area contributed by atoms with E-state index in [2.05, 4.69) is 36.2 Å². The fourth-order valence-electron chi connectivity index (χ4n) is 1.48. The average Bonchev–Trinajstić information content (AvgIpc) is 2.31. The van der Waals surface area contributed by atoms with Gasteiger partial charge >= 0.3 is 0 Å². The molecule has 80 valence electrons. The Kier molecular flexibility index (Phi) is 4.22. The first-order chi connectivity index (χ1) is 7.29. The van der Waals surface area contributed by atoms with Gasteiger partial charge < -0.3 is 0 Å². The van der Waals surface area contributed by atoms with Gasteiger partial charge in [0, 0.05) is 10.8 Å². The summed E-state index contributed by atoms with van der Waals surface area (Å²) in [4.78, 5) is 0. The van der Waals surface area contributed by atoms with E-state index in [1.54, 1.807) is 6.20 Å². The standard InChI is InChI=1S/C11H12N2.C2H6/c1-8(2)11-10-6-4-3-5-9(10)7-12-13-11;1-2/h3-8H,1-2H3;1-2H3. The molecule has 2 rings (SSSR count). The predicted molar refractivity (Wildman–Crippen MR) is 65.0 cm³/mol. The van der Waals surface area contributed by atoms with Crippen LogP contribution in [0.5, 0.6) is 0 Å². The van der Waals surface area contributed by atoms with Gasteiger partial charge in [0.25, 0.3) is 0 Å². The summed E-state index contributed by atoms with van der Waals surface area (Å²) in [5.74, 6) is 0.429. The molecule has 0 aliphatic rings. The van der Waals surface area contributed by atoms with Gasteiger partial charge in [0.2, 0.25) is 0 Å². The van der Waals surface area contributed by atoms with Crippen LogP contribution >= 0.6 is 0 Å². The molecule has 1 aromatic carbocycles. The van der Waals surface area contributed by atoms with Crippen molar-refractivity contribution in [1.82, 2.24) is 10.2 Å². The summed E-state index contributed by atoms with van der Waals surface area (Å²) in [6, 6.07) is 8.22. The minimum atomic E-state index is 0.429. The van der Waals surface area contributed by atoms with E-state index in [4.69, 9.17) is 0 Å². The molecule has 1 aromatic heterocycles. The van der Waals surface area contributed by atoms with Crippen molar-refractivity contribution in [2.75, 3.05) is 0 Å². The fourth-order valence-corrected chi connectivity index (χ4v) is 1.48. The molecule has 15 heavy (non-hydrogen) atoms. The molecule has 0 aliphatic heterocycles. The van der Waals surface area contributed by atoms with Gasteiger partial charge in [-0.3, -0.25) is 0 Å². The molecular formula is C13H18N2. The molecule has 2 heteroatoms. The lowest BCUT2D eigenvalue weighted by atomic mass is 10.0. The molecule has 0 N–H and O–H groups in total. The summed E-state index contributed by atoms with van der Waals surface area (Å²) in [7, 11) is 0. The van der Waals surface area contributed by atoms with Gasteiger partial charge in [-0.1, -0.05) is 52.0 Å². The third kappa shape index (κ3) is 2.52. The zero-order valence-electron chi connectivity index (χ0n) is 9.86. The minimum absolute atomic E-state index is 0.429. The van der Waals surface area contributed by atoms with Crippen LogP contribution < -0.4 is 0 Å². The normalized spacial score (nSPS) is 9.93. The van der Waals surface area contributed by atoms with Crippen LogP contribution in [0.15, 0.2) is 30.5 Å². The number of hydrogen-bond acceptors (Lipinski definition) is 2. The van der Waals surface area contributed by atoms with E-state index in [1.807, 2.05) is 26.0 Å². The molecule has 0 bridgehead atoms. The molecule has 0 saturated carbocycles. The number of nitrogens with zero attached hydrogens (tertiary/aromatic N) is 2. The zero-order valence-corrected chi connectivity index (χ0v) is 9.86. The molecule has 0 atom stereocenters. The lowest BCUT2D eigenvalue weighted by Crippen LogP contribution is -1.95. The third-order valence-corrected chi connectivity index (χ3v) is 2.15. The summed E-state index contributed by atoms with van der Waals surface area (Å²) in [6.45, 7) is 8.27. The van der Waals surface area contributed by atoms with E-state index >= 15 is 0 Å². The topological polar surface area (TPSA) is 25.8 Å². The molecule has 0 aliphatic carbocycles. The van der Waals surface area contributed by atoms with Crippen LogP contribution in [0.3, 0.4) is 0 Å². The number of fused-ring (bicyclic) bond motifs is 1. The second-order valence-corrected chi connectivity index (χ2v) is 3.47. The van der Waals surface area contributed by atoms with E-state index in [1.165, 1.54) is 10.8 Å². The second kappa shape index (κ2) is 5.44. The molecule has 0 saturated heterocycles. The molecule has 0 amide bonds. The molecule has 0 fully saturated rings. The maximum Gasteiger partial charge on any atom is 0.0734 e. The minimum Gasteiger partial charge on any atom is -0.158 e. The quantitative estimate of drug-likeness (QED) is 0.703. The first-order valence-corrected chi connectivity index (χ1v) is 5.49. The van der Waals surface area contributed by atoms with Crippen molar-refractivity contribution >= 4 is 10.8 Å². The highest BCUT2D eigenvalue weighted by Gasteiger charge is 2.05. The summed E-state index contributed by atoms with van der Waals surface area (Å²) in [5.41, 5.74) is 1.08. The summed E-state index contributed by atoms with van der Waals surface area (Å²) < 4.78 is 0. The van der Waals surface area contributed by atoms with Crippen LogP contribution in [0.4, 0.5) is 0 Å². The van der Waals surface area contributed by atoms with E-state index in [0.29, 0.717) is 5.92 Å². The molecular weight excluding hydrogens is 184 g/mol. The monoisotopic (exact) mass is 202 g/mol. The third-order valence-electron chi connectivity index (χ3n) is 2.15. The molecule has 0 radical (unpaired) electrons. The Labute approximate surface area is 91.4 Å². The maximum absolute atomic E-state index is 4.16. The van der Waals surface area contributed by atoms with Gasteiger partial charge in [0.15, 0.2) is 0 Å². The Balaban J connectivity index is 0.000000531. The highest BCUT2D eigenvalue weighted by molar-refractivity contribution is 5.83. The van der Waals surface area contributed by atoms with Crippen LogP contribution in [0, 0.1) is 0 Å². The number of rotatable bonds is 1. The lowest BCUT2D eigenvalue weighted by Gasteiger charge is -2.06. The van der Waals surface area contributed by atoms with Crippen molar-refractivity contribution in [1.29, 1.82) is 0 Å². The van der Waals surface area contributed by atoms with Crippen LogP contribution in [-0.2, 0) is 0 Å². The van der Waals surface area contributed by atoms with Crippen LogP contribution in [0.25, 0.3) is 10.8 Å². The predicted octanol–water partition coefficient (Wildman–Crippen LogP) is 3.78. The van der Waals surface area contributed by atoms with E-state index in [0.717, 1.165) is 5.69 Å². The van der Waals surface area contributed by atoms with Crippen molar-refractivity contribution in [3.8, 4) is 0 Å². The van der Waals surface area contributed by atoms with Crippen LogP contribution in [0.2, 0.25) is 0 Å². The molecule has 0 unspecified atom stereocenters. The highest BCUT2D eigenvalue weighted by Crippen LogP contribution is 2.21. The summed E-state index contributed by atoms with van der Waals surface area (Å²) >= 11 is 0.